The van der Waals surface area contributed by atoms with Crippen LogP contribution in [0.15, 0.2) is 0 Å². The van der Waals surface area contributed by atoms with E-state index in [0.29, 0.717) is 32.5 Å². The van der Waals surface area contributed by atoms with E-state index in [1.54, 1.807) is 0 Å². The molecule has 0 spiro atoms. The third-order valence-corrected chi connectivity index (χ3v) is 12.9. The van der Waals surface area contributed by atoms with Gasteiger partial charge in [0.15, 0.2) is 0 Å². The topological polar surface area (TPSA) is 105 Å². The second kappa shape index (κ2) is 48.8. The smallest absolute Gasteiger partial charge is 0.308 e. The summed E-state index contributed by atoms with van der Waals surface area (Å²) >= 11 is 0. The summed E-state index contributed by atoms with van der Waals surface area (Å²) in [7, 11) is 8.81. The number of likely N-dealkylation sites (N-methyl/N-ethyl adjacent to an activating group) is 2. The largest absolute Gasteiger partial charge is 1.00 e. The van der Waals surface area contributed by atoms with Gasteiger partial charge in [0.25, 0.3) is 0 Å². The zero-order valence-electron chi connectivity index (χ0n) is 44.2. The van der Waals surface area contributed by atoms with Gasteiger partial charge in [-0.3, -0.25) is 19.2 Å². The molecule has 0 saturated carbocycles. The van der Waals surface area contributed by atoms with E-state index in [2.05, 4.69) is 35.1 Å². The zero-order valence-corrected chi connectivity index (χ0v) is 47.4. The molecule has 12 heteroatoms. The first-order chi connectivity index (χ1) is 30.8. The van der Waals surface area contributed by atoms with Gasteiger partial charge in [-0.15, -0.1) is 0 Å². The molecule has 0 rings (SSSR count). The molecule has 0 aromatic carbocycles. The summed E-state index contributed by atoms with van der Waals surface area (Å²) < 4.78 is 23.6. The third kappa shape index (κ3) is 52.1. The molecular formula is C54H106Br2N2O8. The number of ether oxygens (including phenoxy) is 4. The molecule has 0 unspecified atom stereocenters. The van der Waals surface area contributed by atoms with Crippen LogP contribution in [0.1, 0.15) is 252 Å². The Morgan fingerprint density at radius 2 is 0.621 bits per heavy atom. The highest BCUT2D eigenvalue weighted by molar-refractivity contribution is 5.71. The van der Waals surface area contributed by atoms with E-state index in [1.165, 1.54) is 174 Å². The Balaban J connectivity index is -0.0000198. The van der Waals surface area contributed by atoms with Gasteiger partial charge < -0.3 is 61.9 Å². The zero-order chi connectivity index (χ0) is 47.4. The Hall–Kier alpha value is -1.24. The fourth-order valence-electron chi connectivity index (χ4n) is 8.43. The average Bonchev–Trinajstić information content (AvgIpc) is 3.22. The summed E-state index contributed by atoms with van der Waals surface area (Å²) in [6.45, 7) is 10.1. The van der Waals surface area contributed by atoms with Crippen LogP contribution in [0.5, 0.6) is 0 Å². The summed E-state index contributed by atoms with van der Waals surface area (Å²) in [6, 6.07) is 0. The van der Waals surface area contributed by atoms with Gasteiger partial charge >= 0.3 is 23.9 Å². The van der Waals surface area contributed by atoms with Crippen LogP contribution in [-0.2, 0) is 38.1 Å². The molecule has 0 saturated heterocycles. The number of quaternary nitrogens is 2. The lowest BCUT2D eigenvalue weighted by Gasteiger charge is -2.29. The van der Waals surface area contributed by atoms with E-state index in [4.69, 9.17) is 18.9 Å². The number of halogens is 2. The molecule has 10 nitrogen and oxygen atoms in total. The van der Waals surface area contributed by atoms with Gasteiger partial charge in [0.1, 0.15) is 26.3 Å². The Kier molecular flexibility index (Phi) is 51.0. The first-order valence-electron chi connectivity index (χ1n) is 27.1. The van der Waals surface area contributed by atoms with E-state index in [-0.39, 0.29) is 57.8 Å². The van der Waals surface area contributed by atoms with Crippen molar-refractivity contribution in [2.75, 3.05) is 67.6 Å². The molecule has 0 aromatic heterocycles. The van der Waals surface area contributed by atoms with Crippen LogP contribution in [0.3, 0.4) is 0 Å². The number of esters is 4. The van der Waals surface area contributed by atoms with Crippen LogP contribution in [0.25, 0.3) is 0 Å². The predicted octanol–water partition coefficient (Wildman–Crippen LogP) is 7.75. The highest BCUT2D eigenvalue weighted by Crippen LogP contribution is 2.18. The first kappa shape index (κ1) is 69.0. The van der Waals surface area contributed by atoms with Crippen LogP contribution in [0.4, 0.5) is 0 Å². The molecule has 0 aromatic rings. The average molecular weight is 1070 g/mol. The van der Waals surface area contributed by atoms with Crippen molar-refractivity contribution in [3.63, 3.8) is 0 Å². The monoisotopic (exact) mass is 1070 g/mol. The second-order valence-corrected chi connectivity index (χ2v) is 20.5. The fourth-order valence-corrected chi connectivity index (χ4v) is 8.43. The summed E-state index contributed by atoms with van der Waals surface area (Å²) in [5, 5.41) is 0. The van der Waals surface area contributed by atoms with Gasteiger partial charge in [-0.1, -0.05) is 174 Å². The highest BCUT2D eigenvalue weighted by atomic mass is 79.9. The molecule has 394 valence electrons. The van der Waals surface area contributed by atoms with Crippen molar-refractivity contribution in [2.24, 2.45) is 0 Å². The SMILES string of the molecule is CCCCCCCCCCCCCCCC(OC(=O)CCCCCCCCCCCC[N+](C)(C)CCOC(C)=O)OC(=O)CCCCCCCCCCCC[N+](C)(C)CCOC(C)=O.[Br-].[Br-]. The van der Waals surface area contributed by atoms with E-state index < -0.39 is 6.29 Å². The molecule has 66 heavy (non-hydrogen) atoms. The Labute approximate surface area is 428 Å². The molecule has 0 radical (unpaired) electrons. The maximum atomic E-state index is 12.9. The fraction of sp³-hybridized carbons (Fsp3) is 0.926. The molecule has 0 N–H and O–H groups in total. The van der Waals surface area contributed by atoms with Crippen molar-refractivity contribution in [3.05, 3.63) is 0 Å². The number of nitrogens with zero attached hydrogens (tertiary/aromatic N) is 2. The summed E-state index contributed by atoms with van der Waals surface area (Å²) in [5.74, 6) is -0.879. The lowest BCUT2D eigenvalue weighted by atomic mass is 10.0. The minimum absolute atomic E-state index is 0. The minimum Gasteiger partial charge on any atom is -1.00 e. The number of unbranched alkanes of at least 4 members (excludes halogenated alkanes) is 30. The molecule has 0 fully saturated rings. The molecule has 0 amide bonds. The number of hydrogen-bond acceptors (Lipinski definition) is 8. The summed E-state index contributed by atoms with van der Waals surface area (Å²) in [6.07, 6.45) is 40.6. The van der Waals surface area contributed by atoms with Crippen LogP contribution < -0.4 is 34.0 Å². The van der Waals surface area contributed by atoms with Crippen molar-refractivity contribution < 1.29 is 81.1 Å². The van der Waals surface area contributed by atoms with Crippen molar-refractivity contribution in [1.29, 1.82) is 0 Å². The Morgan fingerprint density at radius 1 is 0.364 bits per heavy atom. The van der Waals surface area contributed by atoms with Gasteiger partial charge in [0.05, 0.1) is 41.3 Å². The Bertz CT molecular complexity index is 1060. The molecule has 0 atom stereocenters. The number of carbonyl (C=O) groups is 4. The van der Waals surface area contributed by atoms with Crippen LogP contribution >= 0.6 is 0 Å². The lowest BCUT2D eigenvalue weighted by molar-refractivity contribution is -0.890. The third-order valence-electron chi connectivity index (χ3n) is 12.9. The normalized spacial score (nSPS) is 11.5. The number of carbonyl (C=O) groups excluding carboxylic acids is 4. The summed E-state index contributed by atoms with van der Waals surface area (Å²) in [4.78, 5) is 47.8. The van der Waals surface area contributed by atoms with Crippen molar-refractivity contribution in [2.45, 2.75) is 258 Å². The molecule has 0 aliphatic rings. The predicted molar refractivity (Wildman–Crippen MR) is 265 cm³/mol. The van der Waals surface area contributed by atoms with Crippen LogP contribution in [0, 0.1) is 0 Å². The molecule has 0 aliphatic carbocycles. The maximum Gasteiger partial charge on any atom is 0.308 e. The van der Waals surface area contributed by atoms with Crippen molar-refractivity contribution in [1.82, 2.24) is 0 Å². The van der Waals surface area contributed by atoms with Crippen LogP contribution in [0.2, 0.25) is 0 Å². The van der Waals surface area contributed by atoms with Gasteiger partial charge in [0, 0.05) is 33.1 Å². The van der Waals surface area contributed by atoms with Crippen LogP contribution in [-0.4, -0.2) is 107 Å². The second-order valence-electron chi connectivity index (χ2n) is 20.5. The molecular weight excluding hydrogens is 964 g/mol. The molecule has 0 aliphatic heterocycles. The lowest BCUT2D eigenvalue weighted by Crippen LogP contribution is -3.00. The Morgan fingerprint density at radius 3 is 0.909 bits per heavy atom. The minimum atomic E-state index is -0.760. The molecule has 0 bridgehead atoms. The van der Waals surface area contributed by atoms with Gasteiger partial charge in [-0.25, -0.2) is 0 Å². The molecule has 0 heterocycles. The van der Waals surface area contributed by atoms with Gasteiger partial charge in [0.2, 0.25) is 6.29 Å². The van der Waals surface area contributed by atoms with Gasteiger partial charge in [-0.05, 0) is 44.9 Å². The number of rotatable bonds is 48. The quantitative estimate of drug-likeness (QED) is 0.0201. The first-order valence-corrected chi connectivity index (χ1v) is 27.1. The van der Waals surface area contributed by atoms with E-state index in [9.17, 15) is 19.2 Å². The standard InChI is InChI=1S/C54H106N2O8.2BrH/c1-8-9-10-11-12-13-14-15-16-23-28-33-38-43-54(63-52(59)41-36-31-26-21-17-19-24-29-34-39-44-55(4,5)46-48-61-50(2)57)64-53(60)42-37-32-27-22-18-20-25-30-35-40-45-56(6,7)47-49-62-51(3)58;;/h54H,8-49H2,1-7H3;2*1H/q+2;;/p-2. The van der Waals surface area contributed by atoms with E-state index in [1.807, 2.05) is 0 Å². The summed E-state index contributed by atoms with van der Waals surface area (Å²) in [5.41, 5.74) is 0. The van der Waals surface area contributed by atoms with Gasteiger partial charge in [-0.2, -0.15) is 0 Å². The maximum absolute atomic E-state index is 12.9. The number of hydrogen-bond donors (Lipinski definition) is 0. The van der Waals surface area contributed by atoms with E-state index in [0.717, 1.165) is 86.5 Å². The van der Waals surface area contributed by atoms with Crippen molar-refractivity contribution in [3.8, 4) is 0 Å². The van der Waals surface area contributed by atoms with E-state index >= 15 is 0 Å². The highest BCUT2D eigenvalue weighted by Gasteiger charge is 2.19. The van der Waals surface area contributed by atoms with Crippen molar-refractivity contribution >= 4 is 23.9 Å².